The van der Waals surface area contributed by atoms with Crippen molar-refractivity contribution >= 4 is 28.6 Å². The van der Waals surface area contributed by atoms with Crippen LogP contribution in [0.4, 0.5) is 0 Å². The fourth-order valence-corrected chi connectivity index (χ4v) is 7.71. The molecule has 1 aliphatic rings. The molecule has 1 heterocycles. The summed E-state index contributed by atoms with van der Waals surface area (Å²) in [6.45, 7) is 7.31. The smallest absolute Gasteiger partial charge is 0.372 e. The van der Waals surface area contributed by atoms with Crippen LogP contribution in [0.1, 0.15) is 0 Å². The normalized spacial score (nSPS) is 28.4. The lowest BCUT2D eigenvalue weighted by Gasteiger charge is -2.28. The van der Waals surface area contributed by atoms with E-state index in [-0.39, 0.29) is 0 Å². The third-order valence-corrected chi connectivity index (χ3v) is 8.33. The lowest BCUT2D eigenvalue weighted by molar-refractivity contribution is 0.316. The minimum atomic E-state index is -2.10. The minimum Gasteiger partial charge on any atom is -0.425 e. The standard InChI is InChI=1S/C4H10O3Si3/c1-3-10(4-2)6-8-5-9-7-10/h3-4H,1-2,8-9H2. The van der Waals surface area contributed by atoms with Gasteiger partial charge in [-0.05, 0) is 11.4 Å². The number of hydrogen-bond donors (Lipinski definition) is 0. The highest BCUT2D eigenvalue weighted by atomic mass is 28.5. The van der Waals surface area contributed by atoms with Crippen LogP contribution in [0.25, 0.3) is 0 Å². The van der Waals surface area contributed by atoms with E-state index in [1.807, 2.05) is 0 Å². The van der Waals surface area contributed by atoms with Crippen molar-refractivity contribution in [2.75, 3.05) is 0 Å². The van der Waals surface area contributed by atoms with Crippen LogP contribution < -0.4 is 0 Å². The minimum absolute atomic E-state index is 0.762. The molecule has 0 aromatic carbocycles. The van der Waals surface area contributed by atoms with E-state index in [0.29, 0.717) is 0 Å². The molecule has 1 aliphatic heterocycles. The molecule has 0 atom stereocenters. The quantitative estimate of drug-likeness (QED) is 0.520. The molecule has 0 N–H and O–H groups in total. The maximum absolute atomic E-state index is 5.40. The zero-order chi connectivity index (χ0) is 7.45. The van der Waals surface area contributed by atoms with Gasteiger partial charge in [-0.3, -0.25) is 0 Å². The SMILES string of the molecule is C=C[Si]1(C=C)O[SiH2]O[SiH2]O1. The van der Waals surface area contributed by atoms with Crippen molar-refractivity contribution < 1.29 is 12.3 Å². The third-order valence-electron chi connectivity index (χ3n) is 1.30. The van der Waals surface area contributed by atoms with Gasteiger partial charge in [0.25, 0.3) is 20.0 Å². The summed E-state index contributed by atoms with van der Waals surface area (Å²) in [5, 5.41) is 0. The van der Waals surface area contributed by atoms with Crippen molar-refractivity contribution in [2.24, 2.45) is 0 Å². The van der Waals surface area contributed by atoms with Crippen molar-refractivity contribution in [2.45, 2.75) is 0 Å². The van der Waals surface area contributed by atoms with Crippen molar-refractivity contribution in [1.82, 2.24) is 0 Å². The molecule has 0 bridgehead atoms. The van der Waals surface area contributed by atoms with Crippen LogP contribution in [-0.2, 0) is 12.3 Å². The molecule has 1 fully saturated rings. The summed E-state index contributed by atoms with van der Waals surface area (Å²) in [6, 6.07) is 0. The topological polar surface area (TPSA) is 27.7 Å². The Morgan fingerprint density at radius 1 is 1.10 bits per heavy atom. The van der Waals surface area contributed by atoms with Crippen LogP contribution in [-0.4, -0.2) is 28.6 Å². The van der Waals surface area contributed by atoms with Gasteiger partial charge in [0, 0.05) is 0 Å². The lowest BCUT2D eigenvalue weighted by Crippen LogP contribution is -2.46. The summed E-state index contributed by atoms with van der Waals surface area (Å²) in [7, 11) is -3.63. The molecule has 6 heteroatoms. The number of rotatable bonds is 2. The van der Waals surface area contributed by atoms with E-state index >= 15 is 0 Å². The van der Waals surface area contributed by atoms with Gasteiger partial charge in [0.2, 0.25) is 0 Å². The molecular formula is C4H10O3Si3. The predicted molar refractivity (Wildman–Crippen MR) is 46.5 cm³/mol. The Balaban J connectivity index is 2.60. The van der Waals surface area contributed by atoms with Gasteiger partial charge in [0.05, 0.1) is 0 Å². The molecule has 0 unspecified atom stereocenters. The molecule has 0 aromatic heterocycles. The van der Waals surface area contributed by atoms with Crippen LogP contribution in [0.15, 0.2) is 24.6 Å². The van der Waals surface area contributed by atoms with Crippen molar-refractivity contribution in [3.63, 3.8) is 0 Å². The maximum Gasteiger partial charge on any atom is 0.372 e. The Morgan fingerprint density at radius 3 is 1.90 bits per heavy atom. The van der Waals surface area contributed by atoms with Gasteiger partial charge >= 0.3 is 8.56 Å². The molecule has 3 nitrogen and oxygen atoms in total. The van der Waals surface area contributed by atoms with E-state index in [0.717, 1.165) is 0 Å². The van der Waals surface area contributed by atoms with Crippen LogP contribution in [0.5, 0.6) is 0 Å². The second-order valence-electron chi connectivity index (χ2n) is 1.86. The molecular weight excluding hydrogens is 180 g/mol. The highest BCUT2D eigenvalue weighted by Gasteiger charge is 2.32. The van der Waals surface area contributed by atoms with Crippen LogP contribution in [0, 0.1) is 0 Å². The first-order chi connectivity index (χ1) is 4.83. The van der Waals surface area contributed by atoms with Gasteiger partial charge in [-0.15, -0.1) is 13.2 Å². The van der Waals surface area contributed by atoms with E-state index in [9.17, 15) is 0 Å². The summed E-state index contributed by atoms with van der Waals surface area (Å²) in [4.78, 5) is 0. The fraction of sp³-hybridized carbons (Fsp3) is 0. The first-order valence-corrected chi connectivity index (χ1v) is 7.24. The van der Waals surface area contributed by atoms with Crippen LogP contribution in [0.3, 0.4) is 0 Å². The van der Waals surface area contributed by atoms with E-state index < -0.39 is 28.6 Å². The lowest BCUT2D eigenvalue weighted by atomic mass is 11.2. The average Bonchev–Trinajstić information content (AvgIpc) is 2.06. The Labute approximate surface area is 66.1 Å². The molecule has 56 valence electrons. The zero-order valence-electron chi connectivity index (χ0n) is 5.71. The van der Waals surface area contributed by atoms with E-state index in [1.54, 1.807) is 11.4 Å². The van der Waals surface area contributed by atoms with E-state index in [4.69, 9.17) is 12.3 Å². The first-order valence-electron chi connectivity index (χ1n) is 2.96. The summed E-state index contributed by atoms with van der Waals surface area (Å²) in [6.07, 6.45) is 0. The molecule has 0 aliphatic carbocycles. The van der Waals surface area contributed by atoms with Crippen molar-refractivity contribution in [1.29, 1.82) is 0 Å². The van der Waals surface area contributed by atoms with Gasteiger partial charge in [-0.1, -0.05) is 0 Å². The Hall–Kier alpha value is 0.0106. The monoisotopic (exact) mass is 190 g/mol. The van der Waals surface area contributed by atoms with Gasteiger partial charge in [0.1, 0.15) is 0 Å². The Kier molecular flexibility index (Phi) is 2.77. The van der Waals surface area contributed by atoms with E-state index in [1.165, 1.54) is 0 Å². The molecule has 1 rings (SSSR count). The average molecular weight is 190 g/mol. The molecule has 0 amide bonds. The second kappa shape index (κ2) is 3.42. The van der Waals surface area contributed by atoms with Crippen molar-refractivity contribution in [3.8, 4) is 0 Å². The third kappa shape index (κ3) is 1.54. The maximum atomic E-state index is 5.40. The van der Waals surface area contributed by atoms with Gasteiger partial charge in [-0.25, -0.2) is 0 Å². The Morgan fingerprint density at radius 2 is 1.60 bits per heavy atom. The largest absolute Gasteiger partial charge is 0.425 e. The first kappa shape index (κ1) is 8.11. The van der Waals surface area contributed by atoms with E-state index in [2.05, 4.69) is 13.2 Å². The highest BCUT2D eigenvalue weighted by molar-refractivity contribution is 6.84. The predicted octanol–water partition coefficient (Wildman–Crippen LogP) is -1.06. The molecule has 0 aromatic rings. The summed E-state index contributed by atoms with van der Waals surface area (Å²) < 4.78 is 15.9. The zero-order valence-corrected chi connectivity index (χ0v) is 9.54. The van der Waals surface area contributed by atoms with Gasteiger partial charge in [-0.2, -0.15) is 0 Å². The molecule has 0 radical (unpaired) electrons. The fourth-order valence-electron chi connectivity index (χ4n) is 0.662. The second-order valence-corrected chi connectivity index (χ2v) is 8.53. The Bertz CT molecular complexity index is 133. The summed E-state index contributed by atoms with van der Waals surface area (Å²) >= 11 is 0. The number of hydrogen-bond acceptors (Lipinski definition) is 3. The van der Waals surface area contributed by atoms with Gasteiger partial charge in [0.15, 0.2) is 0 Å². The highest BCUT2D eigenvalue weighted by Crippen LogP contribution is 2.11. The van der Waals surface area contributed by atoms with Crippen LogP contribution >= 0.6 is 0 Å². The summed E-state index contributed by atoms with van der Waals surface area (Å²) in [5.41, 5.74) is 3.50. The molecule has 1 saturated heterocycles. The summed E-state index contributed by atoms with van der Waals surface area (Å²) in [5.74, 6) is 0. The molecule has 0 spiro atoms. The molecule has 0 saturated carbocycles. The van der Waals surface area contributed by atoms with Crippen molar-refractivity contribution in [3.05, 3.63) is 24.6 Å². The van der Waals surface area contributed by atoms with Crippen LogP contribution in [0.2, 0.25) is 0 Å². The molecule has 10 heavy (non-hydrogen) atoms. The van der Waals surface area contributed by atoms with Gasteiger partial charge < -0.3 is 12.3 Å².